The number of likely N-dealkylation sites (tertiary alicyclic amines) is 1. The summed E-state index contributed by atoms with van der Waals surface area (Å²) < 4.78 is 30.6. The molecule has 2 aliphatic rings. The Bertz CT molecular complexity index is 1030. The molecule has 0 unspecified atom stereocenters. The molecule has 2 saturated heterocycles. The van der Waals surface area contributed by atoms with E-state index < -0.39 is 14.6 Å². The van der Waals surface area contributed by atoms with E-state index in [-0.39, 0.29) is 30.7 Å². The smallest absolute Gasteiger partial charge is 0.253 e. The molecule has 2 aromatic rings. The average molecular weight is 415 g/mol. The lowest BCUT2D eigenvalue weighted by Gasteiger charge is -2.49. The van der Waals surface area contributed by atoms with Crippen molar-refractivity contribution < 1.29 is 17.9 Å². The Morgan fingerprint density at radius 1 is 1.21 bits per heavy atom. The van der Waals surface area contributed by atoms with E-state index in [1.165, 1.54) is 0 Å². The van der Waals surface area contributed by atoms with Crippen molar-refractivity contribution in [3.05, 3.63) is 65.0 Å². The summed E-state index contributed by atoms with van der Waals surface area (Å²) in [5.41, 5.74) is 3.38. The lowest BCUT2D eigenvalue weighted by atomic mass is 9.83. The number of rotatable bonds is 5. The largest absolute Gasteiger partial charge is 0.375 e. The highest BCUT2D eigenvalue weighted by Gasteiger charge is 2.62. The van der Waals surface area contributed by atoms with Gasteiger partial charge in [0.25, 0.3) is 5.91 Å². The second-order valence-electron chi connectivity index (χ2n) is 8.19. The van der Waals surface area contributed by atoms with Crippen LogP contribution in [0.1, 0.15) is 33.7 Å². The Balaban J connectivity index is 1.42. The molecule has 1 aromatic heterocycles. The number of amides is 1. The Labute approximate surface area is 171 Å². The Hall–Kier alpha value is -2.25. The molecular formula is C22H26N2O4S. The van der Waals surface area contributed by atoms with Crippen LogP contribution in [0.4, 0.5) is 0 Å². The molecule has 2 aliphatic heterocycles. The van der Waals surface area contributed by atoms with Crippen LogP contribution in [0.15, 0.2) is 42.5 Å². The van der Waals surface area contributed by atoms with Crippen LogP contribution in [0.5, 0.6) is 0 Å². The molecule has 1 atom stereocenters. The van der Waals surface area contributed by atoms with Gasteiger partial charge >= 0.3 is 0 Å². The van der Waals surface area contributed by atoms with Crippen LogP contribution >= 0.6 is 0 Å². The minimum Gasteiger partial charge on any atom is -0.375 e. The summed E-state index contributed by atoms with van der Waals surface area (Å²) in [6.07, 6.45) is 0.579. The highest BCUT2D eigenvalue weighted by atomic mass is 32.2. The number of nitrogens with zero attached hydrogens (tertiary/aromatic N) is 2. The van der Waals surface area contributed by atoms with Crippen molar-refractivity contribution in [2.45, 2.75) is 31.6 Å². The number of hydrogen-bond acceptors (Lipinski definition) is 5. The minimum absolute atomic E-state index is 0.0983. The van der Waals surface area contributed by atoms with Crippen LogP contribution < -0.4 is 0 Å². The fourth-order valence-corrected chi connectivity index (χ4v) is 6.80. The van der Waals surface area contributed by atoms with E-state index in [1.807, 2.05) is 50.2 Å². The van der Waals surface area contributed by atoms with Gasteiger partial charge in [-0.1, -0.05) is 23.8 Å². The molecular weight excluding hydrogens is 388 g/mol. The molecule has 7 heteroatoms. The highest BCUT2D eigenvalue weighted by molar-refractivity contribution is 7.93. The number of ether oxygens (including phenoxy) is 1. The first-order valence-electron chi connectivity index (χ1n) is 9.89. The Kier molecular flexibility index (Phi) is 5.21. The van der Waals surface area contributed by atoms with Gasteiger partial charge in [-0.15, -0.1) is 0 Å². The SMILES string of the molecule is Cc1cccc(C(=O)N2CC3(C2)[C@@H](COCc2cccc(C)n2)CCS3(=O)=O)c1. The zero-order chi connectivity index (χ0) is 20.6. The maximum absolute atomic E-state index is 12.8. The van der Waals surface area contributed by atoms with Crippen LogP contribution in [-0.4, -0.2) is 54.4 Å². The molecule has 1 amide bonds. The summed E-state index contributed by atoms with van der Waals surface area (Å²) in [5.74, 6) is -0.0418. The van der Waals surface area contributed by atoms with Crippen molar-refractivity contribution in [1.82, 2.24) is 9.88 Å². The molecule has 4 rings (SSSR count). The molecule has 0 saturated carbocycles. The van der Waals surface area contributed by atoms with E-state index >= 15 is 0 Å². The van der Waals surface area contributed by atoms with Crippen molar-refractivity contribution in [1.29, 1.82) is 0 Å². The molecule has 1 aromatic carbocycles. The fraction of sp³-hybridized carbons (Fsp3) is 0.455. The van der Waals surface area contributed by atoms with Gasteiger partial charge in [0.2, 0.25) is 0 Å². The third-order valence-corrected chi connectivity index (χ3v) is 8.69. The van der Waals surface area contributed by atoms with Gasteiger partial charge in [-0.25, -0.2) is 8.42 Å². The molecule has 2 fully saturated rings. The van der Waals surface area contributed by atoms with Gasteiger partial charge < -0.3 is 9.64 Å². The number of aromatic nitrogens is 1. The van der Waals surface area contributed by atoms with E-state index in [9.17, 15) is 13.2 Å². The Morgan fingerprint density at radius 2 is 1.97 bits per heavy atom. The number of carbonyl (C=O) groups excluding carboxylic acids is 1. The molecule has 154 valence electrons. The topological polar surface area (TPSA) is 76.6 Å². The monoisotopic (exact) mass is 414 g/mol. The summed E-state index contributed by atoms with van der Waals surface area (Å²) in [6.45, 7) is 5.09. The summed E-state index contributed by atoms with van der Waals surface area (Å²) in [6, 6.07) is 13.2. The zero-order valence-electron chi connectivity index (χ0n) is 16.8. The molecule has 29 heavy (non-hydrogen) atoms. The molecule has 0 radical (unpaired) electrons. The van der Waals surface area contributed by atoms with Crippen LogP contribution in [0, 0.1) is 19.8 Å². The van der Waals surface area contributed by atoms with E-state index in [2.05, 4.69) is 4.98 Å². The van der Waals surface area contributed by atoms with Crippen molar-refractivity contribution in [2.75, 3.05) is 25.4 Å². The molecule has 1 spiro atoms. The average Bonchev–Trinajstić information content (AvgIpc) is 2.90. The highest BCUT2D eigenvalue weighted by Crippen LogP contribution is 2.45. The lowest BCUT2D eigenvalue weighted by Crippen LogP contribution is -2.68. The maximum Gasteiger partial charge on any atom is 0.253 e. The van der Waals surface area contributed by atoms with Gasteiger partial charge in [0.15, 0.2) is 9.84 Å². The zero-order valence-corrected chi connectivity index (χ0v) is 17.6. The van der Waals surface area contributed by atoms with Gasteiger partial charge in [0.1, 0.15) is 4.75 Å². The predicted octanol–water partition coefficient (Wildman–Crippen LogP) is 2.54. The van der Waals surface area contributed by atoms with Gasteiger partial charge in [-0.3, -0.25) is 9.78 Å². The summed E-state index contributed by atoms with van der Waals surface area (Å²) in [4.78, 5) is 18.8. The second kappa shape index (κ2) is 7.54. The van der Waals surface area contributed by atoms with Crippen LogP contribution in [0.2, 0.25) is 0 Å². The Morgan fingerprint density at radius 3 is 2.69 bits per heavy atom. The van der Waals surface area contributed by atoms with Gasteiger partial charge in [0.05, 0.1) is 24.7 Å². The first-order chi connectivity index (χ1) is 13.8. The molecule has 0 aliphatic carbocycles. The number of pyridine rings is 1. The third-order valence-electron chi connectivity index (χ3n) is 6.08. The number of carbonyl (C=O) groups is 1. The summed E-state index contributed by atoms with van der Waals surface area (Å²) in [7, 11) is -3.25. The van der Waals surface area contributed by atoms with Crippen LogP contribution in [-0.2, 0) is 21.2 Å². The van der Waals surface area contributed by atoms with Crippen molar-refractivity contribution in [3.63, 3.8) is 0 Å². The third kappa shape index (κ3) is 3.69. The normalized spacial score (nSPS) is 21.9. The van der Waals surface area contributed by atoms with Crippen molar-refractivity contribution in [3.8, 4) is 0 Å². The van der Waals surface area contributed by atoms with E-state index in [1.54, 1.807) is 11.0 Å². The fourth-order valence-electron chi connectivity index (χ4n) is 4.40. The molecule has 6 nitrogen and oxygen atoms in total. The van der Waals surface area contributed by atoms with E-state index in [0.29, 0.717) is 25.2 Å². The summed E-state index contributed by atoms with van der Waals surface area (Å²) in [5, 5.41) is 0. The molecule has 3 heterocycles. The van der Waals surface area contributed by atoms with E-state index in [4.69, 9.17) is 4.74 Å². The van der Waals surface area contributed by atoms with Gasteiger partial charge in [-0.2, -0.15) is 0 Å². The number of sulfone groups is 1. The minimum atomic E-state index is -3.25. The van der Waals surface area contributed by atoms with Gasteiger partial charge in [0, 0.05) is 30.3 Å². The number of aryl methyl sites for hydroxylation is 2. The number of hydrogen-bond donors (Lipinski definition) is 0. The maximum atomic E-state index is 12.8. The first-order valence-corrected chi connectivity index (χ1v) is 11.5. The van der Waals surface area contributed by atoms with Gasteiger partial charge in [-0.05, 0) is 44.5 Å². The quantitative estimate of drug-likeness (QED) is 0.752. The molecule has 0 N–H and O–H groups in total. The molecule has 0 bridgehead atoms. The first kappa shape index (κ1) is 20.0. The van der Waals surface area contributed by atoms with Crippen LogP contribution in [0.3, 0.4) is 0 Å². The van der Waals surface area contributed by atoms with Crippen molar-refractivity contribution in [2.24, 2.45) is 5.92 Å². The second-order valence-corrected chi connectivity index (χ2v) is 10.6. The predicted molar refractivity (Wildman–Crippen MR) is 110 cm³/mol. The standard InChI is InChI=1S/C22H26N2O4S/c1-16-5-3-7-18(11-16)21(25)24-14-22(15-24)19(9-10-29(22,26)27)12-28-13-20-8-4-6-17(2)23-20/h3-8,11,19H,9-10,12-15H2,1-2H3/t19-/m1/s1. The van der Waals surface area contributed by atoms with E-state index in [0.717, 1.165) is 17.0 Å². The number of benzene rings is 1. The summed E-state index contributed by atoms with van der Waals surface area (Å²) >= 11 is 0. The van der Waals surface area contributed by atoms with Crippen LogP contribution in [0.25, 0.3) is 0 Å². The van der Waals surface area contributed by atoms with Crippen molar-refractivity contribution >= 4 is 15.7 Å². The lowest BCUT2D eigenvalue weighted by molar-refractivity contribution is 0.0204.